The van der Waals surface area contributed by atoms with Crippen molar-refractivity contribution in [3.05, 3.63) is 35.9 Å². The van der Waals surface area contributed by atoms with Crippen molar-refractivity contribution >= 4 is 12.0 Å². The highest BCUT2D eigenvalue weighted by molar-refractivity contribution is 5.90. The number of primary amides is 1. The summed E-state index contributed by atoms with van der Waals surface area (Å²) < 4.78 is 11.2. The van der Waals surface area contributed by atoms with Gasteiger partial charge in [-0.25, -0.2) is 0 Å². The molecule has 4 nitrogen and oxygen atoms in total. The molecular weight excluding hydrogens is 230 g/mol. The van der Waals surface area contributed by atoms with E-state index >= 15 is 0 Å². The third-order valence-corrected chi connectivity index (χ3v) is 2.79. The van der Waals surface area contributed by atoms with E-state index in [1.165, 1.54) is 6.08 Å². The Bertz CT molecular complexity index is 436. The molecule has 0 saturated carbocycles. The average molecular weight is 247 g/mol. The average Bonchev–Trinajstić information content (AvgIpc) is 2.88. The molecule has 1 saturated heterocycles. The van der Waals surface area contributed by atoms with Gasteiger partial charge in [0.1, 0.15) is 12.4 Å². The molecule has 18 heavy (non-hydrogen) atoms. The van der Waals surface area contributed by atoms with Crippen LogP contribution in [0.25, 0.3) is 6.08 Å². The van der Waals surface area contributed by atoms with Crippen LogP contribution < -0.4 is 10.5 Å². The maximum absolute atomic E-state index is 10.7. The predicted octanol–water partition coefficient (Wildman–Crippen LogP) is 1.74. The Morgan fingerprint density at radius 3 is 3.06 bits per heavy atom. The van der Waals surface area contributed by atoms with Gasteiger partial charge in [0.25, 0.3) is 0 Å². The summed E-state index contributed by atoms with van der Waals surface area (Å²) in [5, 5.41) is 0. The van der Waals surface area contributed by atoms with Crippen LogP contribution in [0.15, 0.2) is 30.3 Å². The molecule has 0 spiro atoms. The molecule has 2 rings (SSSR count). The fraction of sp³-hybridized carbons (Fsp3) is 0.357. The molecule has 0 aromatic heterocycles. The molecule has 1 heterocycles. The first-order valence-electron chi connectivity index (χ1n) is 6.06. The van der Waals surface area contributed by atoms with Crippen LogP contribution in [0.1, 0.15) is 18.4 Å². The minimum absolute atomic E-state index is 0.179. The van der Waals surface area contributed by atoms with Crippen LogP contribution in [0.5, 0.6) is 5.75 Å². The van der Waals surface area contributed by atoms with Crippen LogP contribution in [0.4, 0.5) is 0 Å². The van der Waals surface area contributed by atoms with Crippen LogP contribution in [0.3, 0.4) is 0 Å². The Hall–Kier alpha value is -1.81. The van der Waals surface area contributed by atoms with E-state index < -0.39 is 5.91 Å². The Balaban J connectivity index is 2.00. The molecule has 0 radical (unpaired) electrons. The normalized spacial score (nSPS) is 19.2. The van der Waals surface area contributed by atoms with Crippen LogP contribution >= 0.6 is 0 Å². The number of ether oxygens (including phenoxy) is 2. The number of hydrogen-bond donors (Lipinski definition) is 1. The SMILES string of the molecule is NC(=O)/C=C\c1ccccc1OCC1CCCO1. The first kappa shape index (κ1) is 12.6. The molecule has 0 aliphatic carbocycles. The summed E-state index contributed by atoms with van der Waals surface area (Å²) in [6.07, 6.45) is 5.30. The highest BCUT2D eigenvalue weighted by Gasteiger charge is 2.16. The fourth-order valence-electron chi connectivity index (χ4n) is 1.88. The van der Waals surface area contributed by atoms with E-state index in [1.807, 2.05) is 24.3 Å². The summed E-state index contributed by atoms with van der Waals surface area (Å²) in [6.45, 7) is 1.36. The van der Waals surface area contributed by atoms with Gasteiger partial charge in [0.05, 0.1) is 6.10 Å². The van der Waals surface area contributed by atoms with Crippen molar-refractivity contribution in [2.24, 2.45) is 5.73 Å². The molecule has 0 bridgehead atoms. The Morgan fingerprint density at radius 1 is 1.50 bits per heavy atom. The number of para-hydroxylation sites is 1. The lowest BCUT2D eigenvalue weighted by molar-refractivity contribution is -0.113. The molecule has 4 heteroatoms. The van der Waals surface area contributed by atoms with Gasteiger partial charge in [0.15, 0.2) is 0 Å². The van der Waals surface area contributed by atoms with Crippen molar-refractivity contribution in [2.75, 3.05) is 13.2 Å². The molecule has 1 unspecified atom stereocenters. The van der Waals surface area contributed by atoms with Gasteiger partial charge in [-0.05, 0) is 25.0 Å². The number of hydrogen-bond acceptors (Lipinski definition) is 3. The van der Waals surface area contributed by atoms with Gasteiger partial charge < -0.3 is 15.2 Å². The lowest BCUT2D eigenvalue weighted by atomic mass is 10.2. The van der Waals surface area contributed by atoms with E-state index in [9.17, 15) is 4.79 Å². The largest absolute Gasteiger partial charge is 0.490 e. The van der Waals surface area contributed by atoms with Crippen molar-refractivity contribution < 1.29 is 14.3 Å². The van der Waals surface area contributed by atoms with E-state index in [-0.39, 0.29) is 6.10 Å². The van der Waals surface area contributed by atoms with E-state index in [0.717, 1.165) is 30.8 Å². The van der Waals surface area contributed by atoms with Crippen LogP contribution in [0, 0.1) is 0 Å². The van der Waals surface area contributed by atoms with Gasteiger partial charge in [0, 0.05) is 18.2 Å². The number of benzene rings is 1. The molecule has 1 aromatic carbocycles. The van der Waals surface area contributed by atoms with Gasteiger partial charge >= 0.3 is 0 Å². The van der Waals surface area contributed by atoms with E-state index in [0.29, 0.717) is 6.61 Å². The van der Waals surface area contributed by atoms with E-state index in [2.05, 4.69) is 0 Å². The Kier molecular flexibility index (Phi) is 4.36. The molecule has 1 fully saturated rings. The van der Waals surface area contributed by atoms with Crippen molar-refractivity contribution in [1.82, 2.24) is 0 Å². The summed E-state index contributed by atoms with van der Waals surface area (Å²) in [5.41, 5.74) is 5.92. The van der Waals surface area contributed by atoms with Crippen molar-refractivity contribution in [1.29, 1.82) is 0 Å². The summed E-state index contributed by atoms with van der Waals surface area (Å²) >= 11 is 0. The lowest BCUT2D eigenvalue weighted by Crippen LogP contribution is -2.16. The van der Waals surface area contributed by atoms with Gasteiger partial charge in [-0.1, -0.05) is 18.2 Å². The monoisotopic (exact) mass is 247 g/mol. The third-order valence-electron chi connectivity index (χ3n) is 2.79. The molecule has 1 aromatic rings. The van der Waals surface area contributed by atoms with Crippen LogP contribution in [-0.4, -0.2) is 25.2 Å². The van der Waals surface area contributed by atoms with Crippen molar-refractivity contribution in [3.8, 4) is 5.75 Å². The number of rotatable bonds is 5. The number of nitrogens with two attached hydrogens (primary N) is 1. The molecule has 1 aliphatic heterocycles. The smallest absolute Gasteiger partial charge is 0.241 e. The van der Waals surface area contributed by atoms with E-state index in [4.69, 9.17) is 15.2 Å². The van der Waals surface area contributed by atoms with Gasteiger partial charge in [-0.3, -0.25) is 4.79 Å². The maximum Gasteiger partial charge on any atom is 0.241 e. The summed E-state index contributed by atoms with van der Waals surface area (Å²) in [6, 6.07) is 7.53. The summed E-state index contributed by atoms with van der Waals surface area (Å²) in [5.74, 6) is 0.273. The second kappa shape index (κ2) is 6.21. The molecule has 1 atom stereocenters. The third kappa shape index (κ3) is 3.60. The topological polar surface area (TPSA) is 61.6 Å². The molecule has 96 valence electrons. The molecule has 1 aliphatic rings. The first-order chi connectivity index (χ1) is 8.75. The summed E-state index contributed by atoms with van der Waals surface area (Å²) in [4.78, 5) is 10.7. The second-order valence-corrected chi connectivity index (χ2v) is 4.22. The quantitative estimate of drug-likeness (QED) is 0.806. The zero-order valence-electron chi connectivity index (χ0n) is 10.2. The first-order valence-corrected chi connectivity index (χ1v) is 6.06. The van der Waals surface area contributed by atoms with Crippen LogP contribution in [-0.2, 0) is 9.53 Å². The lowest BCUT2D eigenvalue weighted by Gasteiger charge is -2.13. The van der Waals surface area contributed by atoms with Crippen molar-refractivity contribution in [2.45, 2.75) is 18.9 Å². The number of carbonyl (C=O) groups excluding carboxylic acids is 1. The molecule has 2 N–H and O–H groups in total. The summed E-state index contributed by atoms with van der Waals surface area (Å²) in [7, 11) is 0. The molecular formula is C14H17NO3. The standard InChI is InChI=1S/C14H17NO3/c15-14(16)8-7-11-4-1-2-6-13(11)18-10-12-5-3-9-17-12/h1-2,4,6-8,12H,3,5,9-10H2,(H2,15,16)/b8-7-. The fourth-order valence-corrected chi connectivity index (χ4v) is 1.88. The Labute approximate surface area is 106 Å². The predicted molar refractivity (Wildman–Crippen MR) is 69.1 cm³/mol. The zero-order valence-corrected chi connectivity index (χ0v) is 10.2. The maximum atomic E-state index is 10.7. The van der Waals surface area contributed by atoms with Gasteiger partial charge in [-0.2, -0.15) is 0 Å². The Morgan fingerprint density at radius 2 is 2.33 bits per heavy atom. The number of amides is 1. The number of carbonyl (C=O) groups is 1. The van der Waals surface area contributed by atoms with E-state index in [1.54, 1.807) is 6.08 Å². The molecule has 1 amide bonds. The minimum Gasteiger partial charge on any atom is -0.490 e. The van der Waals surface area contributed by atoms with Crippen LogP contribution in [0.2, 0.25) is 0 Å². The minimum atomic E-state index is -0.469. The highest BCUT2D eigenvalue weighted by atomic mass is 16.5. The second-order valence-electron chi connectivity index (χ2n) is 4.22. The van der Waals surface area contributed by atoms with Gasteiger partial charge in [0.2, 0.25) is 5.91 Å². The van der Waals surface area contributed by atoms with Gasteiger partial charge in [-0.15, -0.1) is 0 Å². The zero-order chi connectivity index (χ0) is 12.8. The highest BCUT2D eigenvalue weighted by Crippen LogP contribution is 2.21. The van der Waals surface area contributed by atoms with Crippen molar-refractivity contribution in [3.63, 3.8) is 0 Å².